The summed E-state index contributed by atoms with van der Waals surface area (Å²) in [6.07, 6.45) is 0. The fraction of sp³-hybridized carbons (Fsp3) is 0.243. The van der Waals surface area contributed by atoms with Crippen LogP contribution in [0.5, 0.6) is 0 Å². The summed E-state index contributed by atoms with van der Waals surface area (Å²) < 4.78 is 12.7. The first-order valence-corrected chi connectivity index (χ1v) is 14.5. The van der Waals surface area contributed by atoms with Gasteiger partial charge in [0.1, 0.15) is 0 Å². The van der Waals surface area contributed by atoms with Crippen molar-refractivity contribution in [2.24, 2.45) is 0 Å². The molecule has 0 atom stereocenters. The smallest absolute Gasteiger partial charge is 0.399 e. The van der Waals surface area contributed by atoms with Gasteiger partial charge in [-0.2, -0.15) is 0 Å². The maximum atomic E-state index is 6.35. The summed E-state index contributed by atoms with van der Waals surface area (Å²) in [6, 6.07) is 39.6. The fourth-order valence-electron chi connectivity index (χ4n) is 6.42. The number of hydrogen-bond donors (Lipinski definition) is 0. The predicted octanol–water partition coefficient (Wildman–Crippen LogP) is 8.92. The first kappa shape index (κ1) is 26.1. The molecule has 0 spiro atoms. The molecule has 3 nitrogen and oxygen atoms in total. The van der Waals surface area contributed by atoms with Gasteiger partial charge >= 0.3 is 7.12 Å². The highest BCUT2D eigenvalue weighted by Crippen LogP contribution is 2.51. The molecule has 0 unspecified atom stereocenters. The minimum absolute atomic E-state index is 0.0764. The van der Waals surface area contributed by atoms with Crippen molar-refractivity contribution in [3.63, 3.8) is 0 Å². The van der Waals surface area contributed by atoms with Gasteiger partial charge in [0.05, 0.1) is 16.9 Å². The summed E-state index contributed by atoms with van der Waals surface area (Å²) in [7, 11) is -0.389. The zero-order chi connectivity index (χ0) is 28.6. The normalized spacial score (nSPS) is 17.9. The van der Waals surface area contributed by atoms with E-state index in [4.69, 9.17) is 9.31 Å². The molecule has 204 valence electrons. The Balaban J connectivity index is 1.36. The van der Waals surface area contributed by atoms with Gasteiger partial charge in [0, 0.05) is 22.2 Å². The maximum Gasteiger partial charge on any atom is 0.494 e. The molecule has 5 aromatic carbocycles. The van der Waals surface area contributed by atoms with Crippen molar-refractivity contribution in [3.05, 3.63) is 120 Å². The Morgan fingerprint density at radius 3 is 1.93 bits per heavy atom. The third-order valence-electron chi connectivity index (χ3n) is 9.51. The van der Waals surface area contributed by atoms with Gasteiger partial charge < -0.3 is 14.2 Å². The summed E-state index contributed by atoms with van der Waals surface area (Å²) >= 11 is 0. The minimum Gasteiger partial charge on any atom is -0.399 e. The van der Waals surface area contributed by atoms with Crippen LogP contribution in [0.15, 0.2) is 109 Å². The van der Waals surface area contributed by atoms with E-state index in [-0.39, 0.29) is 23.7 Å². The number of benzene rings is 5. The SMILES string of the molecule is CC1(C)c2ccccc2-c2ccc(N(c3ccc(B4OC(C)(C)C(C)(C)O4)cc3)c3cccc4ccccc34)cc21. The molecule has 0 saturated carbocycles. The Labute approximate surface area is 243 Å². The Kier molecular flexibility index (Phi) is 5.77. The predicted molar refractivity (Wildman–Crippen MR) is 172 cm³/mol. The van der Waals surface area contributed by atoms with Gasteiger partial charge in [0.25, 0.3) is 0 Å². The molecule has 1 aliphatic carbocycles. The van der Waals surface area contributed by atoms with Crippen LogP contribution in [0, 0.1) is 0 Å². The van der Waals surface area contributed by atoms with E-state index in [1.54, 1.807) is 0 Å². The van der Waals surface area contributed by atoms with Crippen LogP contribution in [0.2, 0.25) is 0 Å². The quantitative estimate of drug-likeness (QED) is 0.214. The topological polar surface area (TPSA) is 21.7 Å². The van der Waals surface area contributed by atoms with Gasteiger partial charge in [0.2, 0.25) is 0 Å². The second-order valence-corrected chi connectivity index (χ2v) is 12.9. The first-order chi connectivity index (χ1) is 19.6. The fourth-order valence-corrected chi connectivity index (χ4v) is 6.42. The number of nitrogens with zero attached hydrogens (tertiary/aromatic N) is 1. The van der Waals surface area contributed by atoms with Gasteiger partial charge in [-0.25, -0.2) is 0 Å². The minimum atomic E-state index is -0.389. The average molecular weight is 538 g/mol. The Hall–Kier alpha value is -3.86. The lowest BCUT2D eigenvalue weighted by atomic mass is 9.79. The maximum absolute atomic E-state index is 6.35. The van der Waals surface area contributed by atoms with Crippen LogP contribution in [0.3, 0.4) is 0 Å². The molecular weight excluding hydrogens is 501 g/mol. The van der Waals surface area contributed by atoms with E-state index in [0.717, 1.165) is 22.5 Å². The first-order valence-electron chi connectivity index (χ1n) is 14.5. The third-order valence-corrected chi connectivity index (χ3v) is 9.51. The Morgan fingerprint density at radius 1 is 0.561 bits per heavy atom. The zero-order valence-corrected chi connectivity index (χ0v) is 24.7. The molecule has 0 N–H and O–H groups in total. The summed E-state index contributed by atoms with van der Waals surface area (Å²) in [5.41, 5.74) is 8.99. The summed E-state index contributed by atoms with van der Waals surface area (Å²) in [5.74, 6) is 0. The van der Waals surface area contributed by atoms with Crippen molar-refractivity contribution in [2.75, 3.05) is 4.90 Å². The largest absolute Gasteiger partial charge is 0.494 e. The van der Waals surface area contributed by atoms with E-state index >= 15 is 0 Å². The van der Waals surface area contributed by atoms with Gasteiger partial charge in [-0.3, -0.25) is 0 Å². The molecule has 1 heterocycles. The molecule has 0 aromatic heterocycles. The molecule has 2 aliphatic rings. The molecule has 4 heteroatoms. The highest BCUT2D eigenvalue weighted by atomic mass is 16.7. The van der Waals surface area contributed by atoms with E-state index < -0.39 is 0 Å². The van der Waals surface area contributed by atoms with Crippen molar-refractivity contribution in [1.29, 1.82) is 0 Å². The zero-order valence-electron chi connectivity index (χ0n) is 24.7. The van der Waals surface area contributed by atoms with E-state index in [0.29, 0.717) is 0 Å². The molecule has 0 bridgehead atoms. The molecule has 1 fully saturated rings. The molecule has 0 amide bonds. The molecule has 1 saturated heterocycles. The number of anilines is 3. The number of rotatable bonds is 4. The molecule has 1 aliphatic heterocycles. The monoisotopic (exact) mass is 537 g/mol. The van der Waals surface area contributed by atoms with Crippen LogP contribution in [0.25, 0.3) is 21.9 Å². The van der Waals surface area contributed by atoms with Crippen molar-refractivity contribution in [2.45, 2.75) is 58.2 Å². The van der Waals surface area contributed by atoms with Gasteiger partial charge in [-0.05, 0) is 91.1 Å². The van der Waals surface area contributed by atoms with Crippen LogP contribution in [-0.2, 0) is 14.7 Å². The Bertz CT molecular complexity index is 1770. The summed E-state index contributed by atoms with van der Waals surface area (Å²) in [6.45, 7) is 13.1. The van der Waals surface area contributed by atoms with Gasteiger partial charge in [0.15, 0.2) is 0 Å². The number of fused-ring (bicyclic) bond motifs is 4. The third kappa shape index (κ3) is 4.04. The lowest BCUT2D eigenvalue weighted by molar-refractivity contribution is 0.00578. The lowest BCUT2D eigenvalue weighted by Gasteiger charge is -2.32. The van der Waals surface area contributed by atoms with E-state index in [2.05, 4.69) is 156 Å². The Morgan fingerprint density at radius 2 is 1.17 bits per heavy atom. The highest BCUT2D eigenvalue weighted by Gasteiger charge is 2.51. The van der Waals surface area contributed by atoms with E-state index in [1.165, 1.54) is 33.0 Å². The molecule has 0 radical (unpaired) electrons. The van der Waals surface area contributed by atoms with Crippen LogP contribution in [0.4, 0.5) is 17.1 Å². The van der Waals surface area contributed by atoms with Gasteiger partial charge in [-0.15, -0.1) is 0 Å². The second-order valence-electron chi connectivity index (χ2n) is 12.9. The van der Waals surface area contributed by atoms with Crippen LogP contribution in [-0.4, -0.2) is 18.3 Å². The molecule has 7 rings (SSSR count). The average Bonchev–Trinajstić information content (AvgIpc) is 3.33. The molecule has 5 aromatic rings. The number of hydrogen-bond acceptors (Lipinski definition) is 3. The van der Waals surface area contributed by atoms with Crippen molar-refractivity contribution in [3.8, 4) is 11.1 Å². The van der Waals surface area contributed by atoms with Crippen molar-refractivity contribution >= 4 is 40.4 Å². The van der Waals surface area contributed by atoms with E-state index in [1.807, 2.05) is 0 Å². The van der Waals surface area contributed by atoms with E-state index in [9.17, 15) is 0 Å². The van der Waals surface area contributed by atoms with Gasteiger partial charge in [-0.1, -0.05) is 92.7 Å². The van der Waals surface area contributed by atoms with Crippen molar-refractivity contribution < 1.29 is 9.31 Å². The standard InChI is InChI=1S/C37H36BNO2/c1-35(2)32-16-10-9-15-30(32)31-23-22-28(24-33(31)35)39(34-17-11-13-25-12-7-8-14-29(25)34)27-20-18-26(19-21-27)38-40-36(3,4)37(5,6)41-38/h7-24H,1-6H3. The highest BCUT2D eigenvalue weighted by molar-refractivity contribution is 6.62. The van der Waals surface area contributed by atoms with Crippen molar-refractivity contribution in [1.82, 2.24) is 0 Å². The van der Waals surface area contributed by atoms with Crippen LogP contribution < -0.4 is 10.4 Å². The van der Waals surface area contributed by atoms with Crippen LogP contribution >= 0.6 is 0 Å². The summed E-state index contributed by atoms with van der Waals surface area (Å²) in [5, 5.41) is 2.44. The second kappa shape index (κ2) is 9.07. The molecular formula is C37H36BNO2. The lowest BCUT2D eigenvalue weighted by Crippen LogP contribution is -2.41. The van der Waals surface area contributed by atoms with Crippen LogP contribution in [0.1, 0.15) is 52.7 Å². The summed E-state index contributed by atoms with van der Waals surface area (Å²) in [4.78, 5) is 2.38. The molecule has 41 heavy (non-hydrogen) atoms.